The van der Waals surface area contributed by atoms with E-state index in [-0.39, 0.29) is 18.9 Å². The van der Waals surface area contributed by atoms with Crippen LogP contribution >= 0.6 is 0 Å². The van der Waals surface area contributed by atoms with Gasteiger partial charge in [0.1, 0.15) is 22.9 Å². The highest BCUT2D eigenvalue weighted by Gasteiger charge is 2.32. The van der Waals surface area contributed by atoms with Gasteiger partial charge in [0, 0.05) is 18.7 Å². The summed E-state index contributed by atoms with van der Waals surface area (Å²) in [5, 5.41) is 2.53. The summed E-state index contributed by atoms with van der Waals surface area (Å²) in [6, 6.07) is 9.72. The molecule has 3 rings (SSSR count). The Kier molecular flexibility index (Phi) is 5.16. The van der Waals surface area contributed by atoms with Crippen molar-refractivity contribution in [2.45, 2.75) is 19.4 Å². The molecule has 2 aromatic carbocycles. The number of carbonyl (C=O) groups excluding carboxylic acids is 2. The Morgan fingerprint density at radius 3 is 2.46 bits per heavy atom. The summed E-state index contributed by atoms with van der Waals surface area (Å²) in [6.45, 7) is 2.65. The third-order valence-electron chi connectivity index (χ3n) is 4.11. The van der Waals surface area contributed by atoms with Gasteiger partial charge in [-0.15, -0.1) is 0 Å². The summed E-state index contributed by atoms with van der Waals surface area (Å²) in [5.74, 6) is -2.21. The van der Waals surface area contributed by atoms with Gasteiger partial charge in [-0.25, -0.2) is 8.78 Å². The van der Waals surface area contributed by atoms with E-state index in [9.17, 15) is 18.4 Å². The van der Waals surface area contributed by atoms with Crippen molar-refractivity contribution in [3.05, 3.63) is 59.7 Å². The van der Waals surface area contributed by atoms with E-state index in [0.717, 1.165) is 12.1 Å². The number of halogens is 2. The molecule has 5 nitrogen and oxygen atoms in total. The molecular formula is C19H18F2N2O3. The van der Waals surface area contributed by atoms with E-state index in [1.165, 1.54) is 11.0 Å². The SMILES string of the molecule is CCOc1ccc(N2C[C@@H](NC(=O)c3c(F)cccc3F)CC2=O)cc1. The lowest BCUT2D eigenvalue weighted by molar-refractivity contribution is -0.117. The quantitative estimate of drug-likeness (QED) is 0.892. The first-order valence-corrected chi connectivity index (χ1v) is 8.27. The maximum Gasteiger partial charge on any atom is 0.257 e. The first-order valence-electron chi connectivity index (χ1n) is 8.27. The summed E-state index contributed by atoms with van der Waals surface area (Å²) in [4.78, 5) is 25.9. The molecule has 0 unspecified atom stereocenters. The number of benzene rings is 2. The van der Waals surface area contributed by atoms with E-state index in [0.29, 0.717) is 18.0 Å². The molecule has 26 heavy (non-hydrogen) atoms. The van der Waals surface area contributed by atoms with Gasteiger partial charge < -0.3 is 15.0 Å². The Morgan fingerprint density at radius 1 is 1.19 bits per heavy atom. The van der Waals surface area contributed by atoms with Gasteiger partial charge in [-0.2, -0.15) is 0 Å². The number of carbonyl (C=O) groups is 2. The number of amides is 2. The zero-order valence-electron chi connectivity index (χ0n) is 14.2. The highest BCUT2D eigenvalue weighted by molar-refractivity contribution is 5.99. The second kappa shape index (κ2) is 7.51. The third kappa shape index (κ3) is 3.66. The van der Waals surface area contributed by atoms with Crippen LogP contribution in [-0.4, -0.2) is 31.0 Å². The maximum atomic E-state index is 13.7. The number of rotatable bonds is 5. The molecule has 1 saturated heterocycles. The molecule has 0 saturated carbocycles. The molecule has 1 aliphatic heterocycles. The van der Waals surface area contributed by atoms with Crippen molar-refractivity contribution in [1.82, 2.24) is 5.32 Å². The molecule has 1 heterocycles. The molecule has 1 aliphatic rings. The number of anilines is 1. The van der Waals surface area contributed by atoms with Gasteiger partial charge in [0.25, 0.3) is 5.91 Å². The molecule has 0 aromatic heterocycles. The van der Waals surface area contributed by atoms with E-state index < -0.39 is 29.1 Å². The fourth-order valence-electron chi connectivity index (χ4n) is 2.92. The molecule has 7 heteroatoms. The molecule has 1 atom stereocenters. The first kappa shape index (κ1) is 17.8. The van der Waals surface area contributed by atoms with Crippen LogP contribution in [0.4, 0.5) is 14.5 Å². The molecule has 0 radical (unpaired) electrons. The Labute approximate surface area is 149 Å². The number of hydrogen-bond donors (Lipinski definition) is 1. The van der Waals surface area contributed by atoms with Crippen molar-refractivity contribution < 1.29 is 23.1 Å². The van der Waals surface area contributed by atoms with Crippen molar-refractivity contribution >= 4 is 17.5 Å². The Bertz CT molecular complexity index is 804. The van der Waals surface area contributed by atoms with Crippen molar-refractivity contribution in [3.8, 4) is 5.75 Å². The third-order valence-corrected chi connectivity index (χ3v) is 4.11. The van der Waals surface area contributed by atoms with Crippen LogP contribution < -0.4 is 15.0 Å². The summed E-state index contributed by atoms with van der Waals surface area (Å²) >= 11 is 0. The molecule has 2 aromatic rings. The van der Waals surface area contributed by atoms with Gasteiger partial charge in [0.2, 0.25) is 5.91 Å². The van der Waals surface area contributed by atoms with Crippen LogP contribution in [0.2, 0.25) is 0 Å². The van der Waals surface area contributed by atoms with Crippen molar-refractivity contribution in [3.63, 3.8) is 0 Å². The van der Waals surface area contributed by atoms with Crippen LogP contribution in [0, 0.1) is 11.6 Å². The Morgan fingerprint density at radius 2 is 1.85 bits per heavy atom. The number of nitrogens with one attached hydrogen (secondary N) is 1. The number of ether oxygens (including phenoxy) is 1. The van der Waals surface area contributed by atoms with Crippen LogP contribution in [0.15, 0.2) is 42.5 Å². The van der Waals surface area contributed by atoms with E-state index in [4.69, 9.17) is 4.74 Å². The fraction of sp³-hybridized carbons (Fsp3) is 0.263. The topological polar surface area (TPSA) is 58.6 Å². The second-order valence-corrected chi connectivity index (χ2v) is 5.90. The van der Waals surface area contributed by atoms with Gasteiger partial charge >= 0.3 is 0 Å². The molecule has 0 spiro atoms. The van der Waals surface area contributed by atoms with Gasteiger partial charge in [-0.1, -0.05) is 6.07 Å². The monoisotopic (exact) mass is 360 g/mol. The lowest BCUT2D eigenvalue weighted by atomic mass is 10.1. The van der Waals surface area contributed by atoms with Gasteiger partial charge in [-0.05, 0) is 43.3 Å². The van der Waals surface area contributed by atoms with Crippen LogP contribution in [-0.2, 0) is 4.79 Å². The standard InChI is InChI=1S/C19H18F2N2O3/c1-2-26-14-8-6-13(7-9-14)23-11-12(10-17(23)24)22-19(25)18-15(20)4-3-5-16(18)21/h3-9,12H,2,10-11H2,1H3,(H,22,25)/t12-/m0/s1. The second-order valence-electron chi connectivity index (χ2n) is 5.90. The zero-order valence-corrected chi connectivity index (χ0v) is 14.2. The summed E-state index contributed by atoms with van der Waals surface area (Å²) in [7, 11) is 0. The average Bonchev–Trinajstić information content (AvgIpc) is 2.96. The van der Waals surface area contributed by atoms with Crippen LogP contribution in [0.3, 0.4) is 0 Å². The zero-order chi connectivity index (χ0) is 18.7. The predicted molar refractivity (Wildman–Crippen MR) is 92.2 cm³/mol. The molecule has 0 aliphatic carbocycles. The molecule has 0 bridgehead atoms. The minimum Gasteiger partial charge on any atom is -0.494 e. The average molecular weight is 360 g/mol. The molecule has 1 fully saturated rings. The maximum absolute atomic E-state index is 13.7. The van der Waals surface area contributed by atoms with Crippen molar-refractivity contribution in [2.75, 3.05) is 18.1 Å². The van der Waals surface area contributed by atoms with Crippen LogP contribution in [0.5, 0.6) is 5.75 Å². The largest absolute Gasteiger partial charge is 0.494 e. The normalized spacial score (nSPS) is 16.7. The van der Waals surface area contributed by atoms with Crippen LogP contribution in [0.25, 0.3) is 0 Å². The highest BCUT2D eigenvalue weighted by Crippen LogP contribution is 2.24. The van der Waals surface area contributed by atoms with Gasteiger partial charge in [0.05, 0.1) is 12.6 Å². The number of hydrogen-bond acceptors (Lipinski definition) is 3. The van der Waals surface area contributed by atoms with Crippen molar-refractivity contribution in [2.24, 2.45) is 0 Å². The highest BCUT2D eigenvalue weighted by atomic mass is 19.1. The Hall–Kier alpha value is -2.96. The van der Waals surface area contributed by atoms with E-state index >= 15 is 0 Å². The summed E-state index contributed by atoms with van der Waals surface area (Å²) < 4.78 is 32.8. The first-order chi connectivity index (χ1) is 12.5. The lowest BCUT2D eigenvalue weighted by Crippen LogP contribution is -2.38. The predicted octanol–water partition coefficient (Wildman–Crippen LogP) is 2.90. The van der Waals surface area contributed by atoms with Crippen molar-refractivity contribution in [1.29, 1.82) is 0 Å². The minimum absolute atomic E-state index is 0.0645. The molecule has 1 N–H and O–H groups in total. The minimum atomic E-state index is -0.935. The summed E-state index contributed by atoms with van der Waals surface area (Å²) in [6.07, 6.45) is 0.0645. The van der Waals surface area contributed by atoms with Crippen LogP contribution in [0.1, 0.15) is 23.7 Å². The van der Waals surface area contributed by atoms with E-state index in [2.05, 4.69) is 5.32 Å². The number of nitrogens with zero attached hydrogens (tertiary/aromatic N) is 1. The summed E-state index contributed by atoms with van der Waals surface area (Å²) in [5.41, 5.74) is 0.0340. The van der Waals surface area contributed by atoms with E-state index in [1.54, 1.807) is 24.3 Å². The molecule has 2 amide bonds. The van der Waals surface area contributed by atoms with Gasteiger partial charge in [-0.3, -0.25) is 9.59 Å². The fourth-order valence-corrected chi connectivity index (χ4v) is 2.92. The Balaban J connectivity index is 1.69. The lowest BCUT2D eigenvalue weighted by Gasteiger charge is -2.18. The van der Waals surface area contributed by atoms with E-state index in [1.807, 2.05) is 6.92 Å². The molecule has 136 valence electrons. The van der Waals surface area contributed by atoms with Gasteiger partial charge in [0.15, 0.2) is 0 Å². The molecular weight excluding hydrogens is 342 g/mol. The smallest absolute Gasteiger partial charge is 0.257 e.